The Morgan fingerprint density at radius 2 is 1.92 bits per heavy atom. The second kappa shape index (κ2) is 7.51. The van der Waals surface area contributed by atoms with E-state index < -0.39 is 6.36 Å². The number of alkyl halides is 3. The van der Waals surface area contributed by atoms with E-state index in [-0.39, 0.29) is 18.1 Å². The fourth-order valence-corrected chi connectivity index (χ4v) is 2.62. The molecule has 2 aromatic rings. The second-order valence-corrected chi connectivity index (χ2v) is 5.70. The molecule has 0 saturated carbocycles. The number of ether oxygens (including phenoxy) is 2. The van der Waals surface area contributed by atoms with E-state index >= 15 is 0 Å². The number of nitrogens with zero attached hydrogens (tertiary/aromatic N) is 1. The van der Waals surface area contributed by atoms with Crippen LogP contribution in [-0.2, 0) is 6.61 Å². The van der Waals surface area contributed by atoms with Crippen LogP contribution >= 0.6 is 0 Å². The highest BCUT2D eigenvalue weighted by atomic mass is 19.4. The topological polar surface area (TPSA) is 42.9 Å². The van der Waals surface area contributed by atoms with Crippen molar-refractivity contribution in [2.45, 2.75) is 19.9 Å². The van der Waals surface area contributed by atoms with Crippen molar-refractivity contribution in [2.24, 2.45) is 5.10 Å². The van der Waals surface area contributed by atoms with Crippen molar-refractivity contribution < 1.29 is 22.6 Å². The largest absolute Gasteiger partial charge is 0.573 e. The van der Waals surface area contributed by atoms with Crippen LogP contribution in [-0.4, -0.2) is 18.6 Å². The fraction of sp³-hybridized carbons (Fsp3) is 0.211. The van der Waals surface area contributed by atoms with Crippen molar-refractivity contribution in [3.63, 3.8) is 0 Å². The third-order valence-corrected chi connectivity index (χ3v) is 3.68. The van der Waals surface area contributed by atoms with Crippen molar-refractivity contribution >= 4 is 5.71 Å². The van der Waals surface area contributed by atoms with Crippen molar-refractivity contribution in [3.05, 3.63) is 71.3 Å². The smallest absolute Gasteiger partial charge is 0.488 e. The van der Waals surface area contributed by atoms with Gasteiger partial charge >= 0.3 is 6.36 Å². The van der Waals surface area contributed by atoms with Gasteiger partial charge in [-0.25, -0.2) is 0 Å². The fourth-order valence-electron chi connectivity index (χ4n) is 2.62. The normalized spacial score (nSPS) is 13.8. The van der Waals surface area contributed by atoms with Gasteiger partial charge in [0.2, 0.25) is 0 Å². The monoisotopic (exact) mass is 362 g/mol. The standard InChI is InChI=1S/C19H17F3N2O2/c1-13-10-15(26-19(20,21)22)11-17(18(13)16-8-5-9-23-24-16)25-12-14-6-3-2-4-7-14/h2-8,10-11,23H,9,12H2,1H3. The van der Waals surface area contributed by atoms with Crippen LogP contribution in [0.25, 0.3) is 0 Å². The predicted octanol–water partition coefficient (Wildman–Crippen LogP) is 4.34. The van der Waals surface area contributed by atoms with Gasteiger partial charge in [-0.2, -0.15) is 5.10 Å². The molecule has 0 radical (unpaired) electrons. The number of hydrogen-bond donors (Lipinski definition) is 1. The van der Waals surface area contributed by atoms with Crippen molar-refractivity contribution in [1.82, 2.24) is 5.43 Å². The van der Waals surface area contributed by atoms with E-state index in [4.69, 9.17) is 4.74 Å². The number of aryl methyl sites for hydroxylation is 1. The number of benzene rings is 2. The lowest BCUT2D eigenvalue weighted by atomic mass is 10.0. The second-order valence-electron chi connectivity index (χ2n) is 5.70. The average Bonchev–Trinajstić information content (AvgIpc) is 2.60. The SMILES string of the molecule is Cc1cc(OC(F)(F)F)cc(OCc2ccccc2)c1C1=NNCC=C1. The molecule has 26 heavy (non-hydrogen) atoms. The molecule has 3 rings (SSSR count). The zero-order valence-electron chi connectivity index (χ0n) is 14.0. The Balaban J connectivity index is 1.96. The Morgan fingerprint density at radius 1 is 1.15 bits per heavy atom. The van der Waals surface area contributed by atoms with E-state index in [0.717, 1.165) is 5.56 Å². The molecule has 0 amide bonds. The van der Waals surface area contributed by atoms with Gasteiger partial charge in [-0.3, -0.25) is 0 Å². The highest BCUT2D eigenvalue weighted by Crippen LogP contribution is 2.33. The summed E-state index contributed by atoms with van der Waals surface area (Å²) in [7, 11) is 0. The molecule has 1 aliphatic heterocycles. The summed E-state index contributed by atoms with van der Waals surface area (Å²) in [4.78, 5) is 0. The molecule has 0 saturated heterocycles. The molecule has 1 heterocycles. The van der Waals surface area contributed by atoms with Crippen LogP contribution in [0.5, 0.6) is 11.5 Å². The maximum atomic E-state index is 12.6. The molecule has 7 heteroatoms. The Hall–Kier alpha value is -2.96. The Kier molecular flexibility index (Phi) is 5.16. The first-order valence-corrected chi connectivity index (χ1v) is 7.97. The highest BCUT2D eigenvalue weighted by molar-refractivity contribution is 6.11. The molecule has 1 N–H and O–H groups in total. The first kappa shape index (κ1) is 17.8. The summed E-state index contributed by atoms with van der Waals surface area (Å²) in [5.41, 5.74) is 5.54. The van der Waals surface area contributed by atoms with E-state index in [0.29, 0.717) is 23.4 Å². The number of hydrazone groups is 1. The molecule has 0 fully saturated rings. The molecular weight excluding hydrogens is 345 g/mol. The molecule has 0 aromatic heterocycles. The first-order valence-electron chi connectivity index (χ1n) is 7.97. The van der Waals surface area contributed by atoms with E-state index in [1.807, 2.05) is 36.4 Å². The highest BCUT2D eigenvalue weighted by Gasteiger charge is 2.32. The van der Waals surface area contributed by atoms with E-state index in [1.54, 1.807) is 13.0 Å². The van der Waals surface area contributed by atoms with Crippen LogP contribution in [0.4, 0.5) is 13.2 Å². The lowest BCUT2D eigenvalue weighted by Crippen LogP contribution is -2.19. The summed E-state index contributed by atoms with van der Waals surface area (Å²) < 4.78 is 47.7. The van der Waals surface area contributed by atoms with Gasteiger partial charge in [0.25, 0.3) is 0 Å². The minimum Gasteiger partial charge on any atom is -0.488 e. The van der Waals surface area contributed by atoms with Gasteiger partial charge in [0.05, 0.1) is 12.3 Å². The minimum absolute atomic E-state index is 0.215. The maximum absolute atomic E-state index is 12.6. The molecule has 0 aliphatic carbocycles. The summed E-state index contributed by atoms with van der Waals surface area (Å²) in [6, 6.07) is 11.9. The lowest BCUT2D eigenvalue weighted by Gasteiger charge is -2.18. The van der Waals surface area contributed by atoms with Gasteiger partial charge in [0.15, 0.2) is 0 Å². The zero-order valence-corrected chi connectivity index (χ0v) is 14.0. The quantitative estimate of drug-likeness (QED) is 0.861. The molecule has 0 unspecified atom stereocenters. The van der Waals surface area contributed by atoms with Gasteiger partial charge in [-0.1, -0.05) is 36.4 Å². The predicted molar refractivity (Wildman–Crippen MR) is 92.3 cm³/mol. The molecule has 2 aromatic carbocycles. The van der Waals surface area contributed by atoms with Crippen LogP contribution in [0.3, 0.4) is 0 Å². The van der Waals surface area contributed by atoms with Crippen molar-refractivity contribution in [2.75, 3.05) is 6.54 Å². The van der Waals surface area contributed by atoms with Crippen LogP contribution < -0.4 is 14.9 Å². The molecule has 136 valence electrons. The van der Waals surface area contributed by atoms with Gasteiger partial charge < -0.3 is 14.9 Å². The van der Waals surface area contributed by atoms with Crippen LogP contribution in [0.1, 0.15) is 16.7 Å². The average molecular weight is 362 g/mol. The van der Waals surface area contributed by atoms with E-state index in [1.165, 1.54) is 12.1 Å². The summed E-state index contributed by atoms with van der Waals surface area (Å²) in [6.45, 7) is 2.50. The first-order chi connectivity index (χ1) is 12.4. The minimum atomic E-state index is -4.77. The number of hydrogen-bond acceptors (Lipinski definition) is 4. The van der Waals surface area contributed by atoms with Crippen molar-refractivity contribution in [3.8, 4) is 11.5 Å². The molecule has 0 spiro atoms. The van der Waals surface area contributed by atoms with E-state index in [9.17, 15) is 13.2 Å². The summed E-state index contributed by atoms with van der Waals surface area (Å²) in [5, 5.41) is 4.22. The van der Waals surface area contributed by atoms with Gasteiger partial charge in [0.1, 0.15) is 18.1 Å². The molecule has 0 bridgehead atoms. The van der Waals surface area contributed by atoms with Gasteiger partial charge in [-0.15, -0.1) is 13.2 Å². The van der Waals surface area contributed by atoms with Gasteiger partial charge in [-0.05, 0) is 30.2 Å². The van der Waals surface area contributed by atoms with Gasteiger partial charge in [0, 0.05) is 11.6 Å². The number of nitrogens with one attached hydrogen (secondary N) is 1. The third kappa shape index (κ3) is 4.56. The van der Waals surface area contributed by atoms with Crippen molar-refractivity contribution in [1.29, 1.82) is 0 Å². The summed E-state index contributed by atoms with van der Waals surface area (Å²) in [5.74, 6) is -0.0460. The maximum Gasteiger partial charge on any atom is 0.573 e. The number of allylic oxidation sites excluding steroid dienone is 1. The van der Waals surface area contributed by atoms with E-state index in [2.05, 4.69) is 15.3 Å². The summed E-state index contributed by atoms with van der Waals surface area (Å²) in [6.07, 6.45) is -1.09. The summed E-state index contributed by atoms with van der Waals surface area (Å²) >= 11 is 0. The third-order valence-electron chi connectivity index (χ3n) is 3.68. The lowest BCUT2D eigenvalue weighted by molar-refractivity contribution is -0.274. The molecular formula is C19H17F3N2O2. The number of rotatable bonds is 5. The molecule has 4 nitrogen and oxygen atoms in total. The molecule has 0 atom stereocenters. The van der Waals surface area contributed by atoms with Crippen LogP contribution in [0, 0.1) is 6.92 Å². The van der Waals surface area contributed by atoms with Crippen LogP contribution in [0.2, 0.25) is 0 Å². The zero-order chi connectivity index (χ0) is 18.6. The van der Waals surface area contributed by atoms with Crippen LogP contribution in [0.15, 0.2) is 59.7 Å². The Labute approximate surface area is 148 Å². The Bertz CT molecular complexity index is 831. The number of halogens is 3. The molecule has 1 aliphatic rings. The Morgan fingerprint density at radius 3 is 2.58 bits per heavy atom.